The molecule has 5 rings (SSSR count). The highest BCUT2D eigenvalue weighted by Gasteiger charge is 2.33. The number of esters is 1. The molecule has 1 saturated heterocycles. The van der Waals surface area contributed by atoms with Crippen molar-refractivity contribution < 1.29 is 18.4 Å². The zero-order chi connectivity index (χ0) is 28.6. The number of hydrogen-bond donors (Lipinski definition) is 0. The van der Waals surface area contributed by atoms with Crippen molar-refractivity contribution in [2.45, 2.75) is 78.7 Å². The second-order valence-electron chi connectivity index (χ2n) is 13.0. The summed E-state index contributed by atoms with van der Waals surface area (Å²) in [5.74, 6) is 1.47. The van der Waals surface area contributed by atoms with Crippen molar-refractivity contribution >= 4 is 16.9 Å². The third kappa shape index (κ3) is 6.29. The van der Waals surface area contributed by atoms with Gasteiger partial charge in [-0.1, -0.05) is 45.1 Å². The van der Waals surface area contributed by atoms with E-state index >= 15 is 0 Å². The molecule has 0 amide bonds. The van der Waals surface area contributed by atoms with E-state index < -0.39 is 5.60 Å². The first-order chi connectivity index (χ1) is 19.0. The Kier molecular flexibility index (Phi) is 8.13. The SMILES string of the molecule is CC(C)c1nn(-c2noc(C[C@@H]3CCN(CC4CC=CC(C(=O)OC(C)(C)C)C(C)C4)C3)n2)c2c(F)cccc12. The van der Waals surface area contributed by atoms with Crippen LogP contribution < -0.4 is 0 Å². The number of carbonyl (C=O) groups is 1. The predicted molar refractivity (Wildman–Crippen MR) is 152 cm³/mol. The predicted octanol–water partition coefficient (Wildman–Crippen LogP) is 6.10. The van der Waals surface area contributed by atoms with Crippen LogP contribution in [-0.4, -0.2) is 56.0 Å². The van der Waals surface area contributed by atoms with E-state index in [1.807, 2.05) is 40.7 Å². The van der Waals surface area contributed by atoms with Gasteiger partial charge in [0.1, 0.15) is 16.9 Å². The Hall–Kier alpha value is -3.07. The van der Waals surface area contributed by atoms with Gasteiger partial charge in [-0.25, -0.2) is 4.39 Å². The van der Waals surface area contributed by atoms with Crippen molar-refractivity contribution in [2.75, 3.05) is 19.6 Å². The molecule has 2 aromatic heterocycles. The summed E-state index contributed by atoms with van der Waals surface area (Å²) < 4.78 is 27.5. The van der Waals surface area contributed by atoms with E-state index in [-0.39, 0.29) is 35.5 Å². The van der Waals surface area contributed by atoms with Crippen LogP contribution in [0.3, 0.4) is 0 Å². The first-order valence-corrected chi connectivity index (χ1v) is 14.6. The average Bonchev–Trinajstić information content (AvgIpc) is 3.57. The molecular formula is C31H42FN5O3. The van der Waals surface area contributed by atoms with Crippen LogP contribution in [0.2, 0.25) is 0 Å². The van der Waals surface area contributed by atoms with Crippen molar-refractivity contribution in [3.63, 3.8) is 0 Å². The van der Waals surface area contributed by atoms with Gasteiger partial charge in [0.2, 0.25) is 5.89 Å². The molecule has 0 spiro atoms. The molecule has 40 heavy (non-hydrogen) atoms. The third-order valence-electron chi connectivity index (χ3n) is 8.04. The lowest BCUT2D eigenvalue weighted by Gasteiger charge is -2.27. The minimum Gasteiger partial charge on any atom is -0.460 e. The number of hydrogen-bond acceptors (Lipinski definition) is 7. The molecule has 3 unspecified atom stereocenters. The van der Waals surface area contributed by atoms with Crippen LogP contribution in [0.5, 0.6) is 0 Å². The number of ether oxygens (including phenoxy) is 1. The molecule has 0 bridgehead atoms. The Bertz CT molecular complexity index is 1370. The standard InChI is InChI=1S/C31H42FN5O3/c1-19(2)27-24-11-8-12-25(32)28(24)37(34-27)30-33-26(40-35-30)16-22-13-14-36(18-22)17-21-9-7-10-23(20(3)15-21)29(38)39-31(4,5)6/h7-8,10-12,19-23H,9,13-18H2,1-6H3/t20?,21?,22-,23?/m0/s1. The fourth-order valence-electron chi connectivity index (χ4n) is 6.20. The number of halogens is 1. The number of aromatic nitrogens is 4. The van der Waals surface area contributed by atoms with E-state index in [1.54, 1.807) is 6.07 Å². The van der Waals surface area contributed by atoms with E-state index in [0.717, 1.165) is 50.0 Å². The molecule has 1 aromatic carbocycles. The lowest BCUT2D eigenvalue weighted by atomic mass is 9.87. The number of carbonyl (C=O) groups excluding carboxylic acids is 1. The van der Waals surface area contributed by atoms with Gasteiger partial charge in [0.25, 0.3) is 5.95 Å². The van der Waals surface area contributed by atoms with Crippen molar-refractivity contribution in [3.05, 3.63) is 47.8 Å². The average molecular weight is 552 g/mol. The van der Waals surface area contributed by atoms with E-state index in [1.165, 1.54) is 10.7 Å². The summed E-state index contributed by atoms with van der Waals surface area (Å²) in [6.45, 7) is 15.0. The van der Waals surface area contributed by atoms with Gasteiger partial charge in [-0.15, -0.1) is 0 Å². The molecule has 3 heterocycles. The Balaban J connectivity index is 1.18. The number of nitrogens with zero attached hydrogens (tertiary/aromatic N) is 5. The summed E-state index contributed by atoms with van der Waals surface area (Å²) in [6.07, 6.45) is 7.94. The Labute approximate surface area is 235 Å². The zero-order valence-corrected chi connectivity index (χ0v) is 24.6. The maximum absolute atomic E-state index is 14.8. The number of rotatable bonds is 7. The van der Waals surface area contributed by atoms with Crippen LogP contribution in [-0.2, 0) is 16.0 Å². The lowest BCUT2D eigenvalue weighted by Crippen LogP contribution is -2.32. The van der Waals surface area contributed by atoms with Gasteiger partial charge in [0.15, 0.2) is 0 Å². The molecule has 2 aliphatic rings. The summed E-state index contributed by atoms with van der Waals surface area (Å²) >= 11 is 0. The van der Waals surface area contributed by atoms with Gasteiger partial charge < -0.3 is 14.2 Å². The quantitative estimate of drug-likeness (QED) is 0.259. The number of fused-ring (bicyclic) bond motifs is 1. The Morgan fingerprint density at radius 1 is 1.25 bits per heavy atom. The number of benzene rings is 1. The topological polar surface area (TPSA) is 86.3 Å². The van der Waals surface area contributed by atoms with Crippen LogP contribution in [0, 0.1) is 29.5 Å². The van der Waals surface area contributed by atoms with Crippen molar-refractivity contribution in [1.29, 1.82) is 0 Å². The molecule has 3 aromatic rings. The minimum atomic E-state index is -0.473. The molecule has 9 heteroatoms. The van der Waals surface area contributed by atoms with Crippen molar-refractivity contribution in [3.8, 4) is 5.95 Å². The summed E-state index contributed by atoms with van der Waals surface area (Å²) in [6, 6.07) is 5.02. The summed E-state index contributed by atoms with van der Waals surface area (Å²) in [7, 11) is 0. The first-order valence-electron chi connectivity index (χ1n) is 14.6. The van der Waals surface area contributed by atoms with Crippen molar-refractivity contribution in [1.82, 2.24) is 24.8 Å². The van der Waals surface area contributed by atoms with Crippen molar-refractivity contribution in [2.24, 2.45) is 23.7 Å². The molecule has 216 valence electrons. The monoisotopic (exact) mass is 551 g/mol. The highest BCUT2D eigenvalue weighted by atomic mass is 19.1. The fraction of sp³-hybridized carbons (Fsp3) is 0.613. The molecule has 0 radical (unpaired) electrons. The first kappa shape index (κ1) is 28.5. The molecule has 1 aliphatic carbocycles. The molecule has 1 aliphatic heterocycles. The summed E-state index contributed by atoms with van der Waals surface area (Å²) in [4.78, 5) is 19.8. The molecule has 1 fully saturated rings. The second kappa shape index (κ2) is 11.4. The largest absolute Gasteiger partial charge is 0.460 e. The smallest absolute Gasteiger partial charge is 0.313 e. The number of allylic oxidation sites excluding steroid dienone is 1. The second-order valence-corrected chi connectivity index (χ2v) is 13.0. The molecule has 8 nitrogen and oxygen atoms in total. The molecule has 0 N–H and O–H groups in total. The van der Waals surface area contributed by atoms with Gasteiger partial charge in [-0.05, 0) is 81.5 Å². The highest BCUT2D eigenvalue weighted by molar-refractivity contribution is 5.84. The lowest BCUT2D eigenvalue weighted by molar-refractivity contribution is -0.159. The van der Waals surface area contributed by atoms with Crippen LogP contribution >= 0.6 is 0 Å². The van der Waals surface area contributed by atoms with Gasteiger partial charge in [-0.3, -0.25) is 4.79 Å². The van der Waals surface area contributed by atoms with Gasteiger partial charge in [-0.2, -0.15) is 14.8 Å². The normalized spacial score (nSPS) is 24.2. The van der Waals surface area contributed by atoms with Gasteiger partial charge in [0.05, 0.1) is 11.6 Å². The maximum Gasteiger partial charge on any atom is 0.313 e. The van der Waals surface area contributed by atoms with Gasteiger partial charge >= 0.3 is 5.97 Å². The Morgan fingerprint density at radius 3 is 2.80 bits per heavy atom. The molecule has 4 atom stereocenters. The van der Waals surface area contributed by atoms with Crippen LogP contribution in [0.15, 0.2) is 34.9 Å². The van der Waals surface area contributed by atoms with Gasteiger partial charge in [0, 0.05) is 24.9 Å². The molecule has 0 saturated carbocycles. The Morgan fingerprint density at radius 2 is 2.05 bits per heavy atom. The van der Waals surface area contributed by atoms with E-state index in [9.17, 15) is 9.18 Å². The van der Waals surface area contributed by atoms with Crippen LogP contribution in [0.25, 0.3) is 16.9 Å². The fourth-order valence-corrected chi connectivity index (χ4v) is 6.20. The van der Waals surface area contributed by atoms with Crippen LogP contribution in [0.4, 0.5) is 4.39 Å². The summed E-state index contributed by atoms with van der Waals surface area (Å²) in [5.41, 5.74) is 0.720. The number of likely N-dealkylation sites (tertiary alicyclic amines) is 1. The zero-order valence-electron chi connectivity index (χ0n) is 24.6. The van der Waals surface area contributed by atoms with E-state index in [4.69, 9.17) is 9.26 Å². The van der Waals surface area contributed by atoms with Crippen LogP contribution in [0.1, 0.15) is 78.3 Å². The highest BCUT2D eigenvalue weighted by Crippen LogP contribution is 2.32. The maximum atomic E-state index is 14.8. The van der Waals surface area contributed by atoms with E-state index in [2.05, 4.69) is 39.2 Å². The minimum absolute atomic E-state index is 0.122. The summed E-state index contributed by atoms with van der Waals surface area (Å²) in [5, 5.41) is 9.57. The number of para-hydroxylation sites is 1. The van der Waals surface area contributed by atoms with E-state index in [0.29, 0.717) is 29.7 Å². The molecular weight excluding hydrogens is 509 g/mol. The third-order valence-corrected chi connectivity index (χ3v) is 8.04.